The highest BCUT2D eigenvalue weighted by molar-refractivity contribution is 4.89. The zero-order valence-corrected chi connectivity index (χ0v) is 8.78. The van der Waals surface area contributed by atoms with Gasteiger partial charge >= 0.3 is 0 Å². The number of halogens is 2. The Morgan fingerprint density at radius 2 is 1.33 bits per heavy atom. The van der Waals surface area contributed by atoms with Crippen LogP contribution in [0.25, 0.3) is 0 Å². The zero-order valence-electron chi connectivity index (χ0n) is 8.78. The molecule has 3 heteroatoms. The van der Waals surface area contributed by atoms with E-state index in [0.29, 0.717) is 0 Å². The second-order valence-corrected chi connectivity index (χ2v) is 4.68. The molecular formula is C9H19F2N. The summed E-state index contributed by atoms with van der Waals surface area (Å²) in [6.07, 6.45) is -2.32. The first-order valence-electron chi connectivity index (χ1n) is 4.12. The number of hydrogen-bond donors (Lipinski definition) is 0. The Kier molecular flexibility index (Phi) is 3.24. The maximum absolute atomic E-state index is 12.6. The molecule has 0 spiro atoms. The van der Waals surface area contributed by atoms with Crippen molar-refractivity contribution in [3.8, 4) is 0 Å². The van der Waals surface area contributed by atoms with Crippen LogP contribution in [0.4, 0.5) is 8.78 Å². The number of alkyl halides is 2. The van der Waals surface area contributed by atoms with Crippen molar-refractivity contribution >= 4 is 0 Å². The first-order chi connectivity index (χ1) is 5.10. The van der Waals surface area contributed by atoms with E-state index in [-0.39, 0.29) is 5.54 Å². The summed E-state index contributed by atoms with van der Waals surface area (Å²) in [7, 11) is 1.73. The molecule has 0 aliphatic rings. The Bertz CT molecular complexity index is 147. The second-order valence-electron chi connectivity index (χ2n) is 4.68. The average molecular weight is 179 g/mol. The van der Waals surface area contributed by atoms with Crippen LogP contribution in [0.15, 0.2) is 0 Å². The highest BCUT2D eigenvalue weighted by atomic mass is 19.3. The minimum Gasteiger partial charge on any atom is -0.291 e. The van der Waals surface area contributed by atoms with Gasteiger partial charge in [0.2, 0.25) is 0 Å². The van der Waals surface area contributed by atoms with E-state index in [2.05, 4.69) is 0 Å². The SMILES string of the molecule is CN(C(C)(C)C)C(C)(C)C(F)F. The van der Waals surface area contributed by atoms with Gasteiger partial charge in [-0.3, -0.25) is 4.90 Å². The smallest absolute Gasteiger partial charge is 0.256 e. The van der Waals surface area contributed by atoms with Crippen LogP contribution in [0.1, 0.15) is 34.6 Å². The van der Waals surface area contributed by atoms with Gasteiger partial charge in [-0.05, 0) is 41.7 Å². The van der Waals surface area contributed by atoms with Crippen molar-refractivity contribution in [1.29, 1.82) is 0 Å². The Morgan fingerprint density at radius 3 is 1.42 bits per heavy atom. The van der Waals surface area contributed by atoms with Gasteiger partial charge in [0, 0.05) is 5.54 Å². The van der Waals surface area contributed by atoms with E-state index in [0.717, 1.165) is 0 Å². The molecule has 0 aliphatic heterocycles. The number of rotatable bonds is 2. The first kappa shape index (κ1) is 11.8. The van der Waals surface area contributed by atoms with Crippen LogP contribution in [0.2, 0.25) is 0 Å². The van der Waals surface area contributed by atoms with Crippen molar-refractivity contribution in [3.05, 3.63) is 0 Å². The van der Waals surface area contributed by atoms with Gasteiger partial charge in [0.25, 0.3) is 6.43 Å². The summed E-state index contributed by atoms with van der Waals surface area (Å²) in [5.41, 5.74) is -1.28. The fourth-order valence-electron chi connectivity index (χ4n) is 1.01. The third-order valence-corrected chi connectivity index (χ3v) is 2.40. The molecule has 12 heavy (non-hydrogen) atoms. The Morgan fingerprint density at radius 1 is 1.00 bits per heavy atom. The third kappa shape index (κ3) is 2.41. The van der Waals surface area contributed by atoms with Crippen molar-refractivity contribution in [2.24, 2.45) is 0 Å². The summed E-state index contributed by atoms with van der Waals surface area (Å²) in [6.45, 7) is 8.90. The first-order valence-corrected chi connectivity index (χ1v) is 4.12. The van der Waals surface area contributed by atoms with Crippen molar-refractivity contribution in [2.75, 3.05) is 7.05 Å². The van der Waals surface area contributed by atoms with Gasteiger partial charge in [-0.1, -0.05) is 0 Å². The van der Waals surface area contributed by atoms with Crippen LogP contribution in [0.3, 0.4) is 0 Å². The molecule has 0 amide bonds. The van der Waals surface area contributed by atoms with Gasteiger partial charge in [0.1, 0.15) is 0 Å². The Hall–Kier alpha value is -0.180. The average Bonchev–Trinajstić information content (AvgIpc) is 1.83. The lowest BCUT2D eigenvalue weighted by molar-refractivity contribution is -0.0580. The molecule has 1 nitrogen and oxygen atoms in total. The van der Waals surface area contributed by atoms with Crippen LogP contribution in [0, 0.1) is 0 Å². The van der Waals surface area contributed by atoms with E-state index in [1.807, 2.05) is 20.8 Å². The monoisotopic (exact) mass is 179 g/mol. The van der Waals surface area contributed by atoms with Crippen LogP contribution in [0.5, 0.6) is 0 Å². The van der Waals surface area contributed by atoms with E-state index >= 15 is 0 Å². The minimum absolute atomic E-state index is 0.222. The number of nitrogens with zero attached hydrogens (tertiary/aromatic N) is 1. The summed E-state index contributed by atoms with van der Waals surface area (Å²) in [6, 6.07) is 0. The molecule has 0 aromatic heterocycles. The van der Waals surface area contributed by atoms with Crippen molar-refractivity contribution < 1.29 is 8.78 Å². The van der Waals surface area contributed by atoms with Gasteiger partial charge in [0.15, 0.2) is 0 Å². The van der Waals surface area contributed by atoms with Crippen molar-refractivity contribution in [2.45, 2.75) is 52.1 Å². The van der Waals surface area contributed by atoms with E-state index in [4.69, 9.17) is 0 Å². The fourth-order valence-corrected chi connectivity index (χ4v) is 1.01. The van der Waals surface area contributed by atoms with E-state index in [1.165, 1.54) is 0 Å². The molecule has 0 fully saturated rings. The Labute approximate surface area is 73.7 Å². The Balaban J connectivity index is 4.57. The molecule has 0 heterocycles. The molecule has 0 saturated carbocycles. The molecular weight excluding hydrogens is 160 g/mol. The van der Waals surface area contributed by atoms with Gasteiger partial charge < -0.3 is 0 Å². The van der Waals surface area contributed by atoms with Crippen LogP contribution < -0.4 is 0 Å². The van der Waals surface area contributed by atoms with Gasteiger partial charge in [-0.25, -0.2) is 8.78 Å². The largest absolute Gasteiger partial charge is 0.291 e. The lowest BCUT2D eigenvalue weighted by Gasteiger charge is -2.43. The quantitative estimate of drug-likeness (QED) is 0.630. The third-order valence-electron chi connectivity index (χ3n) is 2.40. The minimum atomic E-state index is -2.32. The van der Waals surface area contributed by atoms with E-state index in [1.54, 1.807) is 25.8 Å². The molecule has 74 valence electrons. The predicted octanol–water partition coefficient (Wildman–Crippen LogP) is 2.76. The lowest BCUT2D eigenvalue weighted by Crippen LogP contribution is -2.55. The fraction of sp³-hybridized carbons (Fsp3) is 1.00. The summed E-state index contributed by atoms with van der Waals surface area (Å²) in [4.78, 5) is 1.70. The zero-order chi connectivity index (χ0) is 10.2. The second kappa shape index (κ2) is 3.29. The molecule has 0 bridgehead atoms. The normalized spacial score (nSPS) is 14.5. The molecule has 0 rings (SSSR count). The van der Waals surface area contributed by atoms with Crippen molar-refractivity contribution in [1.82, 2.24) is 4.90 Å². The van der Waals surface area contributed by atoms with Crippen LogP contribution >= 0.6 is 0 Å². The van der Waals surface area contributed by atoms with E-state index < -0.39 is 12.0 Å². The number of hydrogen-bond acceptors (Lipinski definition) is 1. The molecule has 0 saturated heterocycles. The van der Waals surface area contributed by atoms with Crippen molar-refractivity contribution in [3.63, 3.8) is 0 Å². The summed E-state index contributed by atoms with van der Waals surface area (Å²) >= 11 is 0. The highest BCUT2D eigenvalue weighted by Crippen LogP contribution is 2.27. The lowest BCUT2D eigenvalue weighted by atomic mass is 9.96. The molecule has 0 radical (unpaired) electrons. The standard InChI is InChI=1S/C9H19F2N/c1-8(2,3)12(6)9(4,5)7(10)11/h7H,1-6H3. The summed E-state index contributed by atoms with van der Waals surface area (Å²) in [5, 5.41) is 0. The van der Waals surface area contributed by atoms with Crippen LogP contribution in [-0.2, 0) is 0 Å². The maximum atomic E-state index is 12.6. The molecule has 0 aromatic carbocycles. The molecule has 0 aromatic rings. The molecule has 0 aliphatic carbocycles. The highest BCUT2D eigenvalue weighted by Gasteiger charge is 2.38. The van der Waals surface area contributed by atoms with Crippen LogP contribution in [-0.4, -0.2) is 29.5 Å². The van der Waals surface area contributed by atoms with Gasteiger partial charge in [0.05, 0.1) is 5.54 Å². The predicted molar refractivity (Wildman–Crippen MR) is 47.6 cm³/mol. The summed E-state index contributed by atoms with van der Waals surface area (Å²) < 4.78 is 25.1. The summed E-state index contributed by atoms with van der Waals surface area (Å²) in [5.74, 6) is 0. The molecule has 0 unspecified atom stereocenters. The van der Waals surface area contributed by atoms with Gasteiger partial charge in [-0.15, -0.1) is 0 Å². The van der Waals surface area contributed by atoms with E-state index in [9.17, 15) is 8.78 Å². The molecule has 0 N–H and O–H groups in total. The molecule has 0 atom stereocenters. The van der Waals surface area contributed by atoms with Gasteiger partial charge in [-0.2, -0.15) is 0 Å². The topological polar surface area (TPSA) is 3.24 Å². The maximum Gasteiger partial charge on any atom is 0.256 e.